The van der Waals surface area contributed by atoms with Crippen LogP contribution in [-0.4, -0.2) is 25.5 Å². The van der Waals surface area contributed by atoms with Crippen molar-refractivity contribution in [3.05, 3.63) is 0 Å². The summed E-state index contributed by atoms with van der Waals surface area (Å²) < 4.78 is 0. The summed E-state index contributed by atoms with van der Waals surface area (Å²) in [6.45, 7) is 10.8. The van der Waals surface area contributed by atoms with Gasteiger partial charge in [-0.2, -0.15) is 0 Å². The largest absolute Gasteiger partial charge is 0.301 e. The zero-order valence-electron chi connectivity index (χ0n) is 8.45. The highest BCUT2D eigenvalue weighted by atomic mass is 14.8. The zero-order chi connectivity index (χ0) is 9.40. The first-order valence-corrected chi connectivity index (χ1v) is 4.62. The molecule has 70 valence electrons. The molecule has 0 fully saturated rings. The summed E-state index contributed by atoms with van der Waals surface area (Å²) in [6.07, 6.45) is 4.10. The minimum Gasteiger partial charge on any atom is -0.301 e. The van der Waals surface area contributed by atoms with Crippen molar-refractivity contribution in [1.29, 1.82) is 0 Å². The molecule has 2 nitrogen and oxygen atoms in total. The maximum atomic E-state index is 4.41. The van der Waals surface area contributed by atoms with E-state index in [4.69, 9.17) is 0 Å². The highest BCUT2D eigenvalue weighted by Crippen LogP contribution is 2.03. The van der Waals surface area contributed by atoms with E-state index < -0.39 is 0 Å². The van der Waals surface area contributed by atoms with Crippen LogP contribution in [0.1, 0.15) is 33.6 Å². The van der Waals surface area contributed by atoms with E-state index >= 15 is 0 Å². The van der Waals surface area contributed by atoms with Crippen LogP contribution in [0.25, 0.3) is 0 Å². The number of aliphatic imine (C=N–C) groups is 2. The fraction of sp³-hybridized carbons (Fsp3) is 0.800. The zero-order valence-corrected chi connectivity index (χ0v) is 8.45. The first kappa shape index (κ1) is 11.3. The Labute approximate surface area is 75.8 Å². The fourth-order valence-electron chi connectivity index (χ4n) is 0.707. The van der Waals surface area contributed by atoms with Gasteiger partial charge in [0.15, 0.2) is 0 Å². The summed E-state index contributed by atoms with van der Waals surface area (Å²) in [7, 11) is 0. The summed E-state index contributed by atoms with van der Waals surface area (Å²) in [5.74, 6) is 0.638. The van der Waals surface area contributed by atoms with Crippen LogP contribution >= 0.6 is 0 Å². The quantitative estimate of drug-likeness (QED) is 0.430. The summed E-state index contributed by atoms with van der Waals surface area (Å²) in [6, 6.07) is 0.446. The Bertz CT molecular complexity index is 139. The van der Waals surface area contributed by atoms with Crippen LogP contribution in [-0.2, 0) is 0 Å². The van der Waals surface area contributed by atoms with Gasteiger partial charge in [0, 0.05) is 12.6 Å². The Morgan fingerprint density at radius 2 is 2.00 bits per heavy atom. The minimum atomic E-state index is 0.446. The number of unbranched alkanes of at least 4 members (excludes halogenated alkanes) is 1. The summed E-state index contributed by atoms with van der Waals surface area (Å²) in [5, 5.41) is 0. The summed E-state index contributed by atoms with van der Waals surface area (Å²) in [4.78, 5) is 8.18. The van der Waals surface area contributed by atoms with Crippen molar-refractivity contribution in [2.75, 3.05) is 6.54 Å². The SMILES string of the molecule is C=NCCCC=NC(C)C(C)C. The van der Waals surface area contributed by atoms with Gasteiger partial charge in [0.25, 0.3) is 0 Å². The second kappa shape index (κ2) is 7.01. The molecule has 0 saturated carbocycles. The van der Waals surface area contributed by atoms with Crippen molar-refractivity contribution in [3.63, 3.8) is 0 Å². The predicted molar refractivity (Wildman–Crippen MR) is 56.4 cm³/mol. The topological polar surface area (TPSA) is 24.7 Å². The molecular formula is C10H20N2. The molecule has 0 heterocycles. The molecule has 0 radical (unpaired) electrons. The molecule has 1 atom stereocenters. The third-order valence-corrected chi connectivity index (χ3v) is 1.95. The van der Waals surface area contributed by atoms with Gasteiger partial charge in [0.1, 0.15) is 0 Å². The average Bonchev–Trinajstić information content (AvgIpc) is 2.03. The molecule has 0 aromatic carbocycles. The Balaban J connectivity index is 3.41. The van der Waals surface area contributed by atoms with E-state index in [1.165, 1.54) is 0 Å². The Morgan fingerprint density at radius 3 is 2.50 bits per heavy atom. The number of hydrogen-bond donors (Lipinski definition) is 0. The van der Waals surface area contributed by atoms with Crippen LogP contribution in [0, 0.1) is 5.92 Å². The monoisotopic (exact) mass is 168 g/mol. The van der Waals surface area contributed by atoms with Crippen molar-refractivity contribution >= 4 is 12.9 Å². The maximum absolute atomic E-state index is 4.41. The van der Waals surface area contributed by atoms with Crippen molar-refractivity contribution in [2.45, 2.75) is 39.7 Å². The Hall–Kier alpha value is -0.660. The number of hydrogen-bond acceptors (Lipinski definition) is 2. The minimum absolute atomic E-state index is 0.446. The van der Waals surface area contributed by atoms with Crippen LogP contribution in [0.3, 0.4) is 0 Å². The van der Waals surface area contributed by atoms with E-state index in [0.717, 1.165) is 19.4 Å². The molecule has 0 aliphatic heterocycles. The Morgan fingerprint density at radius 1 is 1.33 bits per heavy atom. The predicted octanol–water partition coefficient (Wildman–Crippen LogP) is 2.58. The van der Waals surface area contributed by atoms with Gasteiger partial charge in [0.05, 0.1) is 0 Å². The van der Waals surface area contributed by atoms with Gasteiger partial charge in [-0.05, 0) is 38.6 Å². The van der Waals surface area contributed by atoms with Crippen molar-refractivity contribution in [3.8, 4) is 0 Å². The van der Waals surface area contributed by atoms with Gasteiger partial charge in [-0.3, -0.25) is 4.99 Å². The van der Waals surface area contributed by atoms with Crippen molar-refractivity contribution in [2.24, 2.45) is 15.9 Å². The fourth-order valence-corrected chi connectivity index (χ4v) is 0.707. The highest BCUT2D eigenvalue weighted by Gasteiger charge is 2.01. The van der Waals surface area contributed by atoms with Gasteiger partial charge in [0.2, 0.25) is 0 Å². The molecule has 0 N–H and O–H groups in total. The molecule has 2 heteroatoms. The smallest absolute Gasteiger partial charge is 0.0490 e. The second-order valence-electron chi connectivity index (χ2n) is 3.41. The van der Waals surface area contributed by atoms with E-state index in [1.807, 2.05) is 6.21 Å². The van der Waals surface area contributed by atoms with Gasteiger partial charge in [-0.15, -0.1) is 0 Å². The van der Waals surface area contributed by atoms with Crippen molar-refractivity contribution in [1.82, 2.24) is 0 Å². The summed E-state index contributed by atoms with van der Waals surface area (Å²) in [5.41, 5.74) is 0. The molecule has 1 unspecified atom stereocenters. The van der Waals surface area contributed by atoms with Gasteiger partial charge in [-0.1, -0.05) is 13.8 Å². The van der Waals surface area contributed by atoms with Crippen LogP contribution in [0.15, 0.2) is 9.98 Å². The molecule has 0 amide bonds. The van der Waals surface area contributed by atoms with Crippen molar-refractivity contribution < 1.29 is 0 Å². The van der Waals surface area contributed by atoms with Gasteiger partial charge < -0.3 is 4.99 Å². The molecule has 0 spiro atoms. The van der Waals surface area contributed by atoms with E-state index in [1.54, 1.807) is 0 Å². The summed E-state index contributed by atoms with van der Waals surface area (Å²) >= 11 is 0. The second-order valence-corrected chi connectivity index (χ2v) is 3.41. The lowest BCUT2D eigenvalue weighted by molar-refractivity contribution is 0.532. The van der Waals surface area contributed by atoms with E-state index in [0.29, 0.717) is 12.0 Å². The molecular weight excluding hydrogens is 148 g/mol. The lowest BCUT2D eigenvalue weighted by Crippen LogP contribution is -2.07. The Kier molecular flexibility index (Phi) is 6.63. The lowest BCUT2D eigenvalue weighted by atomic mass is 10.1. The standard InChI is InChI=1S/C10H20N2/c1-9(2)10(3)12-8-6-5-7-11-4/h8-10H,4-7H2,1-3H3. The molecule has 0 aromatic heterocycles. The molecule has 0 aromatic rings. The van der Waals surface area contributed by atoms with Crippen LogP contribution < -0.4 is 0 Å². The molecule has 12 heavy (non-hydrogen) atoms. The molecule has 0 saturated heterocycles. The van der Waals surface area contributed by atoms with Crippen LogP contribution in [0.2, 0.25) is 0 Å². The highest BCUT2D eigenvalue weighted by molar-refractivity contribution is 5.57. The average molecular weight is 168 g/mol. The van der Waals surface area contributed by atoms with Crippen LogP contribution in [0.4, 0.5) is 0 Å². The lowest BCUT2D eigenvalue weighted by Gasteiger charge is -2.08. The molecule has 0 rings (SSSR count). The molecule has 0 aliphatic rings. The van der Waals surface area contributed by atoms with E-state index in [9.17, 15) is 0 Å². The first-order chi connectivity index (χ1) is 5.68. The first-order valence-electron chi connectivity index (χ1n) is 4.62. The van der Waals surface area contributed by atoms with Crippen LogP contribution in [0.5, 0.6) is 0 Å². The normalized spacial score (nSPS) is 14.0. The number of rotatable bonds is 6. The maximum Gasteiger partial charge on any atom is 0.0490 e. The number of nitrogens with zero attached hydrogens (tertiary/aromatic N) is 2. The molecule has 0 aliphatic carbocycles. The third kappa shape index (κ3) is 6.08. The molecule has 0 bridgehead atoms. The van der Waals surface area contributed by atoms with E-state index in [-0.39, 0.29) is 0 Å². The van der Waals surface area contributed by atoms with E-state index in [2.05, 4.69) is 37.5 Å². The van der Waals surface area contributed by atoms with Gasteiger partial charge >= 0.3 is 0 Å². The van der Waals surface area contributed by atoms with Gasteiger partial charge in [-0.25, -0.2) is 0 Å². The third-order valence-electron chi connectivity index (χ3n) is 1.95.